The highest BCUT2D eigenvalue weighted by molar-refractivity contribution is 5.19. The van der Waals surface area contributed by atoms with Crippen LogP contribution >= 0.6 is 0 Å². The molecule has 0 unspecified atom stereocenters. The van der Waals surface area contributed by atoms with Gasteiger partial charge in [-0.15, -0.1) is 0 Å². The van der Waals surface area contributed by atoms with Gasteiger partial charge in [-0.2, -0.15) is 0 Å². The van der Waals surface area contributed by atoms with E-state index in [0.717, 1.165) is 12.1 Å². The van der Waals surface area contributed by atoms with E-state index in [2.05, 4.69) is 32.3 Å². The van der Waals surface area contributed by atoms with Gasteiger partial charge in [0.1, 0.15) is 0 Å². The summed E-state index contributed by atoms with van der Waals surface area (Å²) in [5.74, 6) is 0. The number of rotatable bonds is 5. The molecule has 0 aromatic carbocycles. The molecule has 1 nitrogen and oxygen atoms in total. The molecule has 62 valence electrons. The molecule has 0 saturated heterocycles. The fraction of sp³-hybridized carbons (Fsp3) is 0.400. The van der Waals surface area contributed by atoms with E-state index in [9.17, 15) is 0 Å². The molecule has 0 aliphatic carbocycles. The Labute approximate surface area is 69.5 Å². The van der Waals surface area contributed by atoms with Gasteiger partial charge >= 0.3 is 0 Å². The van der Waals surface area contributed by atoms with Crippen molar-refractivity contribution in [2.24, 2.45) is 0 Å². The van der Waals surface area contributed by atoms with Gasteiger partial charge in [-0.05, 0) is 5.57 Å². The Morgan fingerprint density at radius 2 is 2.18 bits per heavy atom. The Morgan fingerprint density at radius 3 is 2.64 bits per heavy atom. The summed E-state index contributed by atoms with van der Waals surface area (Å²) >= 11 is 0. The normalized spacial score (nSPS) is 10.8. The monoisotopic (exact) mass is 151 g/mol. The molecule has 0 aliphatic heterocycles. The van der Waals surface area contributed by atoms with Crippen molar-refractivity contribution < 1.29 is 0 Å². The molecule has 0 aliphatic rings. The Kier molecular flexibility index (Phi) is 5.49. The number of hydrogen-bond acceptors (Lipinski definition) is 1. The Balaban J connectivity index is 3.53. The first-order valence-electron chi connectivity index (χ1n) is 3.87. The van der Waals surface area contributed by atoms with Gasteiger partial charge in [-0.3, -0.25) is 0 Å². The third-order valence-electron chi connectivity index (χ3n) is 1.21. The van der Waals surface area contributed by atoms with Crippen LogP contribution in [0.5, 0.6) is 0 Å². The summed E-state index contributed by atoms with van der Waals surface area (Å²) < 4.78 is 0. The van der Waals surface area contributed by atoms with Crippen LogP contribution in [0.2, 0.25) is 0 Å². The largest absolute Gasteiger partial charge is 0.310 e. The van der Waals surface area contributed by atoms with E-state index < -0.39 is 0 Å². The second-order valence-corrected chi connectivity index (χ2v) is 2.79. The molecular weight excluding hydrogens is 134 g/mol. The van der Waals surface area contributed by atoms with Crippen LogP contribution in [0.25, 0.3) is 0 Å². The van der Waals surface area contributed by atoms with E-state index in [4.69, 9.17) is 0 Å². The lowest BCUT2D eigenvalue weighted by molar-refractivity contribution is 0.626. The second-order valence-electron chi connectivity index (χ2n) is 2.79. The van der Waals surface area contributed by atoms with Crippen molar-refractivity contribution in [1.82, 2.24) is 5.32 Å². The molecule has 0 aromatic rings. The molecule has 1 heteroatoms. The Bertz CT molecular complexity index is 154. The molecule has 0 atom stereocenters. The predicted octanol–water partition coefficient (Wildman–Crippen LogP) is 2.28. The van der Waals surface area contributed by atoms with Crippen molar-refractivity contribution in [2.75, 3.05) is 6.54 Å². The molecule has 0 fully saturated rings. The summed E-state index contributed by atoms with van der Waals surface area (Å²) in [6.45, 7) is 12.5. The number of allylic oxidation sites excluding steroid dienone is 2. The Hall–Kier alpha value is -0.820. The number of hydrogen-bond donors (Lipinski definition) is 1. The maximum absolute atomic E-state index is 3.87. The maximum Gasteiger partial charge on any atom is 0.0201 e. The molecule has 0 aromatic heterocycles. The average molecular weight is 151 g/mol. The minimum Gasteiger partial charge on any atom is -0.310 e. The highest BCUT2D eigenvalue weighted by Crippen LogP contribution is 1.91. The van der Waals surface area contributed by atoms with Crippen molar-refractivity contribution in [3.05, 3.63) is 37.0 Å². The first kappa shape index (κ1) is 10.2. The van der Waals surface area contributed by atoms with E-state index in [1.54, 1.807) is 6.08 Å². The first-order chi connectivity index (χ1) is 5.16. The van der Waals surface area contributed by atoms with E-state index in [-0.39, 0.29) is 0 Å². The molecule has 11 heavy (non-hydrogen) atoms. The molecular formula is C10H17N. The van der Waals surface area contributed by atoms with Gasteiger partial charge in [0.05, 0.1) is 0 Å². The fourth-order valence-corrected chi connectivity index (χ4v) is 0.598. The average Bonchev–Trinajstić information content (AvgIpc) is 1.97. The lowest BCUT2D eigenvalue weighted by Gasteiger charge is -2.06. The number of nitrogens with one attached hydrogen (secondary N) is 1. The minimum absolute atomic E-state index is 0.517. The van der Waals surface area contributed by atoms with Crippen LogP contribution in [0.1, 0.15) is 13.8 Å². The third kappa shape index (κ3) is 7.07. The molecule has 0 spiro atoms. The summed E-state index contributed by atoms with van der Waals surface area (Å²) in [4.78, 5) is 0. The summed E-state index contributed by atoms with van der Waals surface area (Å²) in [5.41, 5.74) is 1.08. The smallest absolute Gasteiger partial charge is 0.0201 e. The first-order valence-corrected chi connectivity index (χ1v) is 3.87. The molecule has 0 amide bonds. The third-order valence-corrected chi connectivity index (χ3v) is 1.21. The summed E-state index contributed by atoms with van der Waals surface area (Å²) in [6, 6.07) is 0.517. The summed E-state index contributed by atoms with van der Waals surface area (Å²) in [6.07, 6.45) is 5.60. The van der Waals surface area contributed by atoms with Crippen LogP contribution in [0.4, 0.5) is 0 Å². The van der Waals surface area contributed by atoms with Crippen molar-refractivity contribution >= 4 is 0 Å². The topological polar surface area (TPSA) is 12.0 Å². The fourth-order valence-electron chi connectivity index (χ4n) is 0.598. The van der Waals surface area contributed by atoms with Crippen LogP contribution in [0.15, 0.2) is 37.0 Å². The van der Waals surface area contributed by atoms with Crippen LogP contribution in [0.3, 0.4) is 0 Å². The van der Waals surface area contributed by atoms with E-state index in [1.807, 2.05) is 12.2 Å². The quantitative estimate of drug-likeness (QED) is 0.594. The molecule has 0 radical (unpaired) electrons. The summed E-state index contributed by atoms with van der Waals surface area (Å²) in [5, 5.41) is 3.27. The van der Waals surface area contributed by atoms with Crippen LogP contribution in [-0.4, -0.2) is 12.6 Å². The van der Waals surface area contributed by atoms with E-state index in [1.165, 1.54) is 0 Å². The van der Waals surface area contributed by atoms with Gasteiger partial charge < -0.3 is 5.32 Å². The summed E-state index contributed by atoms with van der Waals surface area (Å²) in [7, 11) is 0. The minimum atomic E-state index is 0.517. The van der Waals surface area contributed by atoms with Gasteiger partial charge in [0.15, 0.2) is 0 Å². The predicted molar refractivity (Wildman–Crippen MR) is 51.6 cm³/mol. The van der Waals surface area contributed by atoms with E-state index in [0.29, 0.717) is 6.04 Å². The molecule has 1 N–H and O–H groups in total. The van der Waals surface area contributed by atoms with Crippen molar-refractivity contribution in [3.8, 4) is 0 Å². The molecule has 0 rings (SSSR count). The van der Waals surface area contributed by atoms with Crippen molar-refractivity contribution in [2.45, 2.75) is 19.9 Å². The zero-order valence-electron chi connectivity index (χ0n) is 7.43. The lowest BCUT2D eigenvalue weighted by Crippen LogP contribution is -2.24. The SMILES string of the molecule is C=C/C=C\C(=C)CNC(C)C. The zero-order chi connectivity index (χ0) is 8.69. The maximum atomic E-state index is 3.87. The highest BCUT2D eigenvalue weighted by atomic mass is 14.9. The molecule has 0 heterocycles. The zero-order valence-corrected chi connectivity index (χ0v) is 7.43. The van der Waals surface area contributed by atoms with Gasteiger partial charge in [-0.25, -0.2) is 0 Å². The van der Waals surface area contributed by atoms with Gasteiger partial charge in [0, 0.05) is 12.6 Å². The second kappa shape index (κ2) is 5.93. The van der Waals surface area contributed by atoms with Crippen LogP contribution in [-0.2, 0) is 0 Å². The van der Waals surface area contributed by atoms with Gasteiger partial charge in [0.25, 0.3) is 0 Å². The van der Waals surface area contributed by atoms with Crippen LogP contribution < -0.4 is 5.32 Å². The van der Waals surface area contributed by atoms with Crippen molar-refractivity contribution in [3.63, 3.8) is 0 Å². The van der Waals surface area contributed by atoms with E-state index >= 15 is 0 Å². The molecule has 0 bridgehead atoms. The highest BCUT2D eigenvalue weighted by Gasteiger charge is 1.91. The van der Waals surface area contributed by atoms with Crippen LogP contribution in [0, 0.1) is 0 Å². The lowest BCUT2D eigenvalue weighted by atomic mass is 10.2. The van der Waals surface area contributed by atoms with Crippen molar-refractivity contribution in [1.29, 1.82) is 0 Å². The van der Waals surface area contributed by atoms with Gasteiger partial charge in [0.2, 0.25) is 0 Å². The van der Waals surface area contributed by atoms with Gasteiger partial charge in [-0.1, -0.05) is 45.2 Å². The standard InChI is InChI=1S/C10H17N/c1-5-6-7-10(4)8-11-9(2)3/h5-7,9,11H,1,4,8H2,2-3H3/b7-6-. The molecule has 0 saturated carbocycles. The Morgan fingerprint density at radius 1 is 1.55 bits per heavy atom.